The standard InChI is InChI=1S/C17H25N3O3/c1-11(2)9-20-15(12-5-6-12)14(8-18-20)16(21)19-7-3-4-13(10-19)17(22)23/h8,11-13H,3-7,9-10H2,1-2H3,(H,22,23)/t13-/m0/s1. The van der Waals surface area contributed by atoms with Crippen molar-refractivity contribution in [2.24, 2.45) is 11.8 Å². The van der Waals surface area contributed by atoms with E-state index in [1.54, 1.807) is 11.1 Å². The van der Waals surface area contributed by atoms with Crippen LogP contribution in [0.15, 0.2) is 6.20 Å². The maximum Gasteiger partial charge on any atom is 0.308 e. The SMILES string of the molecule is CC(C)Cn1ncc(C(=O)N2CCC[C@H](C(=O)O)C2)c1C1CC1. The zero-order valence-corrected chi connectivity index (χ0v) is 13.9. The van der Waals surface area contributed by atoms with Crippen LogP contribution in [0, 0.1) is 11.8 Å². The van der Waals surface area contributed by atoms with Gasteiger partial charge in [-0.15, -0.1) is 0 Å². The first-order valence-corrected chi connectivity index (χ1v) is 8.55. The van der Waals surface area contributed by atoms with Gasteiger partial charge < -0.3 is 10.0 Å². The van der Waals surface area contributed by atoms with Gasteiger partial charge in [-0.05, 0) is 31.6 Å². The molecular formula is C17H25N3O3. The summed E-state index contributed by atoms with van der Waals surface area (Å²) in [5.74, 6) is -0.381. The fourth-order valence-corrected chi connectivity index (χ4v) is 3.37. The van der Waals surface area contributed by atoms with Crippen molar-refractivity contribution >= 4 is 11.9 Å². The zero-order chi connectivity index (χ0) is 16.6. The predicted octanol–water partition coefficient (Wildman–Crippen LogP) is 2.35. The minimum Gasteiger partial charge on any atom is -0.481 e. The van der Waals surface area contributed by atoms with E-state index < -0.39 is 11.9 Å². The Balaban J connectivity index is 1.82. The van der Waals surface area contributed by atoms with Gasteiger partial charge in [0.15, 0.2) is 0 Å². The maximum atomic E-state index is 12.9. The smallest absolute Gasteiger partial charge is 0.308 e. The molecule has 1 amide bonds. The van der Waals surface area contributed by atoms with Gasteiger partial charge in [0.25, 0.3) is 5.91 Å². The van der Waals surface area contributed by atoms with Crippen LogP contribution in [0.2, 0.25) is 0 Å². The van der Waals surface area contributed by atoms with Crippen molar-refractivity contribution in [1.29, 1.82) is 0 Å². The molecule has 23 heavy (non-hydrogen) atoms. The van der Waals surface area contributed by atoms with Gasteiger partial charge in [0.1, 0.15) is 0 Å². The number of rotatable bonds is 5. The number of carbonyl (C=O) groups is 2. The highest BCUT2D eigenvalue weighted by Gasteiger charge is 2.35. The quantitative estimate of drug-likeness (QED) is 0.904. The largest absolute Gasteiger partial charge is 0.481 e. The zero-order valence-electron chi connectivity index (χ0n) is 13.9. The number of aliphatic carboxylic acids is 1. The Labute approximate surface area is 136 Å². The number of piperidine rings is 1. The molecule has 1 N–H and O–H groups in total. The number of nitrogens with zero attached hydrogens (tertiary/aromatic N) is 3. The lowest BCUT2D eigenvalue weighted by Crippen LogP contribution is -2.42. The highest BCUT2D eigenvalue weighted by Crippen LogP contribution is 2.42. The van der Waals surface area contributed by atoms with E-state index >= 15 is 0 Å². The molecule has 6 nitrogen and oxygen atoms in total. The molecule has 1 aliphatic carbocycles. The Morgan fingerprint density at radius 2 is 2.09 bits per heavy atom. The van der Waals surface area contributed by atoms with Crippen molar-refractivity contribution in [3.63, 3.8) is 0 Å². The fourth-order valence-electron chi connectivity index (χ4n) is 3.37. The molecule has 0 unspecified atom stereocenters. The summed E-state index contributed by atoms with van der Waals surface area (Å²) < 4.78 is 1.98. The number of carbonyl (C=O) groups excluding carboxylic acids is 1. The summed E-state index contributed by atoms with van der Waals surface area (Å²) >= 11 is 0. The molecule has 2 fully saturated rings. The van der Waals surface area contributed by atoms with Gasteiger partial charge in [-0.25, -0.2) is 0 Å². The van der Waals surface area contributed by atoms with E-state index in [0.29, 0.717) is 36.9 Å². The molecule has 1 aromatic rings. The van der Waals surface area contributed by atoms with Crippen molar-refractivity contribution in [3.05, 3.63) is 17.5 Å². The van der Waals surface area contributed by atoms with Gasteiger partial charge in [-0.1, -0.05) is 13.8 Å². The second kappa shape index (κ2) is 6.34. The molecule has 0 bridgehead atoms. The highest BCUT2D eigenvalue weighted by molar-refractivity contribution is 5.95. The van der Waals surface area contributed by atoms with Crippen LogP contribution < -0.4 is 0 Å². The summed E-state index contributed by atoms with van der Waals surface area (Å²) in [6.07, 6.45) is 5.31. The van der Waals surface area contributed by atoms with Crippen LogP contribution in [0.25, 0.3) is 0 Å². The number of carboxylic acids is 1. The Morgan fingerprint density at radius 3 is 2.70 bits per heavy atom. The Morgan fingerprint density at radius 1 is 1.35 bits per heavy atom. The van der Waals surface area contributed by atoms with E-state index in [9.17, 15) is 14.7 Å². The lowest BCUT2D eigenvalue weighted by atomic mass is 9.97. The van der Waals surface area contributed by atoms with E-state index in [0.717, 1.165) is 31.5 Å². The van der Waals surface area contributed by atoms with E-state index in [1.807, 2.05) is 4.68 Å². The van der Waals surface area contributed by atoms with Crippen LogP contribution in [0.3, 0.4) is 0 Å². The first-order valence-electron chi connectivity index (χ1n) is 8.55. The molecule has 3 rings (SSSR count). The first-order chi connectivity index (χ1) is 11.0. The van der Waals surface area contributed by atoms with Crippen molar-refractivity contribution < 1.29 is 14.7 Å². The molecule has 6 heteroatoms. The van der Waals surface area contributed by atoms with Gasteiger partial charge in [0, 0.05) is 25.6 Å². The summed E-state index contributed by atoms with van der Waals surface area (Å²) in [4.78, 5) is 25.8. The molecule has 0 aromatic carbocycles. The van der Waals surface area contributed by atoms with Gasteiger partial charge >= 0.3 is 5.97 Å². The summed E-state index contributed by atoms with van der Waals surface area (Å²) in [5, 5.41) is 13.7. The van der Waals surface area contributed by atoms with E-state index in [2.05, 4.69) is 18.9 Å². The Hall–Kier alpha value is -1.85. The second-order valence-electron chi connectivity index (χ2n) is 7.22. The molecule has 0 spiro atoms. The summed E-state index contributed by atoms with van der Waals surface area (Å²) in [6, 6.07) is 0. The number of amides is 1. The molecule has 1 atom stereocenters. The lowest BCUT2D eigenvalue weighted by Gasteiger charge is -2.30. The molecule has 2 aliphatic rings. The van der Waals surface area contributed by atoms with Crippen molar-refractivity contribution in [2.75, 3.05) is 13.1 Å². The topological polar surface area (TPSA) is 75.4 Å². The van der Waals surface area contributed by atoms with E-state index in [-0.39, 0.29) is 5.91 Å². The second-order valence-corrected chi connectivity index (χ2v) is 7.22. The van der Waals surface area contributed by atoms with Crippen molar-refractivity contribution in [3.8, 4) is 0 Å². The summed E-state index contributed by atoms with van der Waals surface area (Å²) in [7, 11) is 0. The van der Waals surface area contributed by atoms with Crippen LogP contribution in [-0.2, 0) is 11.3 Å². The van der Waals surface area contributed by atoms with Crippen LogP contribution in [0.1, 0.15) is 61.5 Å². The minimum absolute atomic E-state index is 0.0483. The molecule has 1 aromatic heterocycles. The average Bonchev–Trinajstić information content (AvgIpc) is 3.27. The molecule has 126 valence electrons. The maximum absolute atomic E-state index is 12.9. The van der Waals surface area contributed by atoms with Gasteiger partial charge in [-0.2, -0.15) is 5.10 Å². The molecule has 1 saturated heterocycles. The molecular weight excluding hydrogens is 294 g/mol. The molecule has 1 saturated carbocycles. The van der Waals surface area contributed by atoms with Crippen LogP contribution >= 0.6 is 0 Å². The monoisotopic (exact) mass is 319 g/mol. The van der Waals surface area contributed by atoms with Crippen LogP contribution in [0.4, 0.5) is 0 Å². The van der Waals surface area contributed by atoms with Crippen LogP contribution in [-0.4, -0.2) is 44.8 Å². The first kappa shape index (κ1) is 16.0. The number of hydrogen-bond donors (Lipinski definition) is 1. The van der Waals surface area contributed by atoms with Crippen molar-refractivity contribution in [2.45, 2.75) is 52.0 Å². The summed E-state index contributed by atoms with van der Waals surface area (Å²) in [6.45, 7) is 6.05. The Bertz CT molecular complexity index is 604. The number of carboxylic acid groups (broad SMARTS) is 1. The summed E-state index contributed by atoms with van der Waals surface area (Å²) in [5.41, 5.74) is 1.74. The number of hydrogen-bond acceptors (Lipinski definition) is 3. The van der Waals surface area contributed by atoms with E-state index in [4.69, 9.17) is 0 Å². The third kappa shape index (κ3) is 3.41. The van der Waals surface area contributed by atoms with Crippen molar-refractivity contribution in [1.82, 2.24) is 14.7 Å². The number of likely N-dealkylation sites (tertiary alicyclic amines) is 1. The third-order valence-corrected chi connectivity index (χ3v) is 4.67. The number of aromatic nitrogens is 2. The van der Waals surface area contributed by atoms with Gasteiger partial charge in [0.05, 0.1) is 23.4 Å². The van der Waals surface area contributed by atoms with Gasteiger partial charge in [0.2, 0.25) is 0 Å². The highest BCUT2D eigenvalue weighted by atomic mass is 16.4. The Kier molecular flexibility index (Phi) is 4.41. The van der Waals surface area contributed by atoms with E-state index in [1.165, 1.54) is 0 Å². The average molecular weight is 319 g/mol. The van der Waals surface area contributed by atoms with Gasteiger partial charge in [-0.3, -0.25) is 14.3 Å². The fraction of sp³-hybridized carbons (Fsp3) is 0.706. The minimum atomic E-state index is -0.805. The predicted molar refractivity (Wildman–Crippen MR) is 85.3 cm³/mol. The third-order valence-electron chi connectivity index (χ3n) is 4.67. The molecule has 1 aliphatic heterocycles. The normalized spacial score (nSPS) is 21.7. The van der Waals surface area contributed by atoms with Crippen LogP contribution in [0.5, 0.6) is 0 Å². The molecule has 2 heterocycles. The molecule has 0 radical (unpaired) electrons. The lowest BCUT2D eigenvalue weighted by molar-refractivity contribution is -0.143.